The number of amides is 1. The molecule has 9 nitrogen and oxygen atoms in total. The number of carbonyl (C=O) groups excluding carboxylic acids is 1. The average molecular weight is 447 g/mol. The molecule has 3 heterocycles. The van der Waals surface area contributed by atoms with Crippen LogP contribution < -0.4 is 15.5 Å². The summed E-state index contributed by atoms with van der Waals surface area (Å²) in [6.45, 7) is 4.20. The van der Waals surface area contributed by atoms with E-state index < -0.39 is 4.92 Å². The highest BCUT2D eigenvalue weighted by Crippen LogP contribution is 2.29. The molecule has 0 bridgehead atoms. The van der Waals surface area contributed by atoms with Gasteiger partial charge in [0.15, 0.2) is 0 Å². The predicted molar refractivity (Wildman–Crippen MR) is 126 cm³/mol. The van der Waals surface area contributed by atoms with Crippen LogP contribution in [0.25, 0.3) is 0 Å². The molecule has 1 saturated heterocycles. The highest BCUT2D eigenvalue weighted by atomic mass is 16.6. The molecule has 0 saturated carbocycles. The number of pyridine rings is 2. The van der Waals surface area contributed by atoms with Gasteiger partial charge in [-0.1, -0.05) is 12.1 Å². The third kappa shape index (κ3) is 5.43. The van der Waals surface area contributed by atoms with Crippen LogP contribution in [0.3, 0.4) is 0 Å². The van der Waals surface area contributed by atoms with E-state index in [1.807, 2.05) is 37.3 Å². The van der Waals surface area contributed by atoms with E-state index in [1.54, 1.807) is 24.5 Å². The van der Waals surface area contributed by atoms with E-state index in [-0.39, 0.29) is 29.7 Å². The van der Waals surface area contributed by atoms with Crippen molar-refractivity contribution in [2.45, 2.75) is 32.4 Å². The lowest BCUT2D eigenvalue weighted by Crippen LogP contribution is -2.23. The van der Waals surface area contributed by atoms with E-state index in [4.69, 9.17) is 0 Å². The zero-order valence-electron chi connectivity index (χ0n) is 18.4. The average Bonchev–Trinajstić information content (AvgIpc) is 3.38. The van der Waals surface area contributed by atoms with Crippen LogP contribution >= 0.6 is 0 Å². The number of nitro groups is 1. The summed E-state index contributed by atoms with van der Waals surface area (Å²) in [7, 11) is 0. The van der Waals surface area contributed by atoms with Crippen molar-refractivity contribution in [1.82, 2.24) is 15.3 Å². The minimum Gasteiger partial charge on any atom is -0.371 e. The minimum absolute atomic E-state index is 0.165. The van der Waals surface area contributed by atoms with Crippen molar-refractivity contribution in [1.29, 1.82) is 0 Å². The fraction of sp³-hybridized carbons (Fsp3) is 0.292. The van der Waals surface area contributed by atoms with Gasteiger partial charge in [0, 0.05) is 43.7 Å². The smallest absolute Gasteiger partial charge is 0.293 e. The van der Waals surface area contributed by atoms with E-state index in [2.05, 4.69) is 25.5 Å². The van der Waals surface area contributed by atoms with Gasteiger partial charge >= 0.3 is 0 Å². The van der Waals surface area contributed by atoms with Crippen molar-refractivity contribution in [3.63, 3.8) is 0 Å². The topological polar surface area (TPSA) is 113 Å². The summed E-state index contributed by atoms with van der Waals surface area (Å²) in [6, 6.07) is 13.6. The number of nitrogens with one attached hydrogen (secondary N) is 2. The van der Waals surface area contributed by atoms with Crippen LogP contribution in [0, 0.1) is 10.1 Å². The maximum atomic E-state index is 12.6. The molecule has 1 aliphatic rings. The Morgan fingerprint density at radius 3 is 2.64 bits per heavy atom. The second-order valence-corrected chi connectivity index (χ2v) is 8.01. The van der Waals surface area contributed by atoms with Crippen molar-refractivity contribution in [3.8, 4) is 0 Å². The van der Waals surface area contributed by atoms with Crippen LogP contribution in [0.15, 0.2) is 60.9 Å². The number of anilines is 2. The maximum absolute atomic E-state index is 12.6. The summed E-state index contributed by atoms with van der Waals surface area (Å²) in [5.41, 5.74) is 2.01. The minimum atomic E-state index is -0.495. The molecular formula is C24H26N6O3. The van der Waals surface area contributed by atoms with E-state index >= 15 is 0 Å². The SMILES string of the molecule is CC(Nc1ccc(C(=O)NCc2ccc(N3CCCC3)nc2)cc1[N+](=O)[O-])c1ccccn1. The number of nitrogens with zero attached hydrogens (tertiary/aromatic N) is 4. The first-order chi connectivity index (χ1) is 16.0. The van der Waals surface area contributed by atoms with Crippen molar-refractivity contribution >= 4 is 23.1 Å². The molecular weight excluding hydrogens is 420 g/mol. The molecule has 2 aromatic heterocycles. The van der Waals surface area contributed by atoms with Gasteiger partial charge in [0.2, 0.25) is 0 Å². The zero-order chi connectivity index (χ0) is 23.2. The van der Waals surface area contributed by atoms with Crippen LogP contribution in [-0.4, -0.2) is 33.9 Å². The molecule has 1 atom stereocenters. The van der Waals surface area contributed by atoms with E-state index in [0.717, 1.165) is 30.2 Å². The Morgan fingerprint density at radius 1 is 1.15 bits per heavy atom. The van der Waals surface area contributed by atoms with Gasteiger partial charge < -0.3 is 15.5 Å². The number of aromatic nitrogens is 2. The highest BCUT2D eigenvalue weighted by Gasteiger charge is 2.20. The molecule has 1 aliphatic heterocycles. The largest absolute Gasteiger partial charge is 0.371 e. The number of hydrogen-bond donors (Lipinski definition) is 2. The lowest BCUT2D eigenvalue weighted by molar-refractivity contribution is -0.384. The van der Waals surface area contributed by atoms with E-state index in [0.29, 0.717) is 5.69 Å². The molecule has 1 unspecified atom stereocenters. The second kappa shape index (κ2) is 10.1. The van der Waals surface area contributed by atoms with Gasteiger partial charge in [-0.05, 0) is 55.7 Å². The molecule has 1 fully saturated rings. The Kier molecular flexibility index (Phi) is 6.77. The van der Waals surface area contributed by atoms with Gasteiger partial charge in [-0.2, -0.15) is 0 Å². The second-order valence-electron chi connectivity index (χ2n) is 8.01. The highest BCUT2D eigenvalue weighted by molar-refractivity contribution is 5.95. The Balaban J connectivity index is 1.41. The molecule has 170 valence electrons. The Morgan fingerprint density at radius 2 is 1.97 bits per heavy atom. The third-order valence-corrected chi connectivity index (χ3v) is 5.65. The summed E-state index contributed by atoms with van der Waals surface area (Å²) in [6.07, 6.45) is 5.79. The molecule has 4 rings (SSSR count). The summed E-state index contributed by atoms with van der Waals surface area (Å²) in [4.78, 5) is 34.8. The molecule has 33 heavy (non-hydrogen) atoms. The van der Waals surface area contributed by atoms with Crippen LogP contribution in [0.5, 0.6) is 0 Å². The lowest BCUT2D eigenvalue weighted by Gasteiger charge is -2.16. The van der Waals surface area contributed by atoms with E-state index in [9.17, 15) is 14.9 Å². The summed E-state index contributed by atoms with van der Waals surface area (Å²) in [5, 5.41) is 17.6. The Labute approximate surface area is 192 Å². The Bertz CT molecular complexity index is 1110. The number of benzene rings is 1. The van der Waals surface area contributed by atoms with Gasteiger partial charge in [0.05, 0.1) is 16.7 Å². The van der Waals surface area contributed by atoms with Crippen molar-refractivity contribution < 1.29 is 9.72 Å². The first-order valence-corrected chi connectivity index (χ1v) is 11.0. The fourth-order valence-electron chi connectivity index (χ4n) is 3.82. The zero-order valence-corrected chi connectivity index (χ0v) is 18.4. The van der Waals surface area contributed by atoms with Crippen molar-refractivity contribution in [2.24, 2.45) is 0 Å². The summed E-state index contributed by atoms with van der Waals surface area (Å²) in [5.74, 6) is 0.562. The predicted octanol–water partition coefficient (Wildman–Crippen LogP) is 4.09. The molecule has 2 N–H and O–H groups in total. The van der Waals surface area contributed by atoms with Crippen LogP contribution in [-0.2, 0) is 6.54 Å². The van der Waals surface area contributed by atoms with Gasteiger partial charge in [-0.25, -0.2) is 4.98 Å². The molecule has 1 amide bonds. The molecule has 0 spiro atoms. The Hall–Kier alpha value is -4.01. The van der Waals surface area contributed by atoms with Gasteiger partial charge in [0.25, 0.3) is 11.6 Å². The normalized spacial score (nSPS) is 14.0. The van der Waals surface area contributed by atoms with Crippen LogP contribution in [0.1, 0.15) is 47.4 Å². The molecule has 0 radical (unpaired) electrons. The van der Waals surface area contributed by atoms with Crippen LogP contribution in [0.4, 0.5) is 17.2 Å². The first-order valence-electron chi connectivity index (χ1n) is 11.0. The van der Waals surface area contributed by atoms with Gasteiger partial charge in [0.1, 0.15) is 11.5 Å². The lowest BCUT2D eigenvalue weighted by atomic mass is 10.1. The van der Waals surface area contributed by atoms with Crippen molar-refractivity contribution in [3.05, 3.63) is 87.9 Å². The molecule has 3 aromatic rings. The molecule has 0 aliphatic carbocycles. The monoisotopic (exact) mass is 446 g/mol. The summed E-state index contributed by atoms with van der Waals surface area (Å²) < 4.78 is 0. The number of hydrogen-bond acceptors (Lipinski definition) is 7. The van der Waals surface area contributed by atoms with Gasteiger partial charge in [-0.15, -0.1) is 0 Å². The third-order valence-electron chi connectivity index (χ3n) is 5.65. The summed E-state index contributed by atoms with van der Waals surface area (Å²) >= 11 is 0. The van der Waals surface area contributed by atoms with Crippen LogP contribution in [0.2, 0.25) is 0 Å². The first kappa shape index (κ1) is 22.2. The number of nitro benzene ring substituents is 1. The fourth-order valence-corrected chi connectivity index (χ4v) is 3.82. The standard InChI is InChI=1S/C24H26N6O3/c1-17(20-6-2-3-11-25-20)28-21-9-8-19(14-22(21)30(32)33)24(31)27-16-18-7-10-23(26-15-18)29-12-4-5-13-29/h2-3,6-11,14-15,17,28H,4-5,12-13,16H2,1H3,(H,27,31). The molecule has 9 heteroatoms. The number of carbonyl (C=O) groups is 1. The van der Waals surface area contributed by atoms with Gasteiger partial charge in [-0.3, -0.25) is 19.9 Å². The quantitative estimate of drug-likeness (QED) is 0.396. The number of rotatable bonds is 8. The maximum Gasteiger partial charge on any atom is 0.293 e. The van der Waals surface area contributed by atoms with Crippen molar-refractivity contribution in [2.75, 3.05) is 23.3 Å². The molecule has 1 aromatic carbocycles. The van der Waals surface area contributed by atoms with E-state index in [1.165, 1.54) is 18.9 Å².